The number of hydrogen-bond acceptors (Lipinski definition) is 6. The maximum atomic E-state index is 13.5. The third kappa shape index (κ3) is 8.95. The van der Waals surface area contributed by atoms with Crippen LogP contribution in [0.5, 0.6) is 0 Å². The van der Waals surface area contributed by atoms with E-state index >= 15 is 0 Å². The van der Waals surface area contributed by atoms with Gasteiger partial charge in [0, 0.05) is 51.4 Å². The summed E-state index contributed by atoms with van der Waals surface area (Å²) in [7, 11) is 0. The summed E-state index contributed by atoms with van der Waals surface area (Å²) >= 11 is 0. The van der Waals surface area contributed by atoms with Crippen molar-refractivity contribution in [1.82, 2.24) is 19.6 Å². The fourth-order valence-electron chi connectivity index (χ4n) is 6.67. The second kappa shape index (κ2) is 17.9. The van der Waals surface area contributed by atoms with Gasteiger partial charge in [-0.25, -0.2) is 0 Å². The third-order valence-electron chi connectivity index (χ3n) is 9.54. The highest BCUT2D eigenvalue weighted by atomic mass is 16.2. The van der Waals surface area contributed by atoms with Crippen LogP contribution >= 0.6 is 0 Å². The van der Waals surface area contributed by atoms with Crippen LogP contribution in [0.2, 0.25) is 0 Å². The third-order valence-corrected chi connectivity index (χ3v) is 9.54. The summed E-state index contributed by atoms with van der Waals surface area (Å²) in [5.41, 5.74) is 3.34. The Morgan fingerprint density at radius 2 is 0.722 bits per heavy atom. The molecule has 2 heterocycles. The van der Waals surface area contributed by atoms with Gasteiger partial charge < -0.3 is 9.80 Å². The first-order chi connectivity index (χ1) is 26.3. The summed E-state index contributed by atoms with van der Waals surface area (Å²) in [6.07, 6.45) is 8.55. The molecular weight excluding hydrogens is 681 g/mol. The Balaban J connectivity index is 1.07. The number of hydrogen-bond donors (Lipinski definition) is 0. The van der Waals surface area contributed by atoms with E-state index in [1.807, 2.05) is 60.7 Å². The molecule has 54 heavy (non-hydrogen) atoms. The lowest BCUT2D eigenvalue weighted by atomic mass is 10.1. The van der Waals surface area contributed by atoms with Gasteiger partial charge in [-0.05, 0) is 73.2 Å². The molecule has 2 aliphatic rings. The standard InChI is InChI=1S/C44H42N4O6/c49-39(25-23-33-15-3-1-4-16-33)45(29-13-31-47-41(51)35-19-7-8-20-36(35)42(47)52)27-11-12-28-46(40(50)26-24-34-17-5-2-6-18-34)30-14-32-48-43(53)37-21-9-10-22-38(37)44(48)54/h1-10,15-26H,11-14,27-32H2/b25-23+,26-24+. The van der Waals surface area contributed by atoms with Crippen molar-refractivity contribution in [2.45, 2.75) is 25.7 Å². The fourth-order valence-corrected chi connectivity index (χ4v) is 6.67. The lowest BCUT2D eigenvalue weighted by Gasteiger charge is -2.25. The van der Waals surface area contributed by atoms with Gasteiger partial charge in [-0.2, -0.15) is 0 Å². The molecule has 4 aromatic rings. The Morgan fingerprint density at radius 1 is 0.426 bits per heavy atom. The van der Waals surface area contributed by atoms with Crippen molar-refractivity contribution < 1.29 is 28.8 Å². The molecule has 0 radical (unpaired) electrons. The number of carbonyl (C=O) groups is 6. The van der Waals surface area contributed by atoms with E-state index in [2.05, 4.69) is 0 Å². The topological polar surface area (TPSA) is 115 Å². The van der Waals surface area contributed by atoms with Crippen LogP contribution in [0.15, 0.2) is 121 Å². The van der Waals surface area contributed by atoms with Crippen molar-refractivity contribution >= 4 is 47.6 Å². The Labute approximate surface area is 315 Å². The molecule has 0 bridgehead atoms. The molecule has 0 N–H and O–H groups in total. The van der Waals surface area contributed by atoms with E-state index in [0.29, 0.717) is 74.1 Å². The smallest absolute Gasteiger partial charge is 0.261 e. The molecule has 6 rings (SSSR count). The Kier molecular flexibility index (Phi) is 12.4. The van der Waals surface area contributed by atoms with Gasteiger partial charge in [-0.1, -0.05) is 84.9 Å². The van der Waals surface area contributed by atoms with E-state index in [0.717, 1.165) is 11.1 Å². The molecule has 10 heteroatoms. The van der Waals surface area contributed by atoms with Crippen molar-refractivity contribution in [3.8, 4) is 0 Å². The minimum absolute atomic E-state index is 0.182. The minimum atomic E-state index is -0.327. The second-order valence-corrected chi connectivity index (χ2v) is 13.2. The maximum Gasteiger partial charge on any atom is 0.261 e. The maximum absolute atomic E-state index is 13.5. The molecule has 0 spiro atoms. The van der Waals surface area contributed by atoms with Gasteiger partial charge in [0.1, 0.15) is 0 Å². The first-order valence-corrected chi connectivity index (χ1v) is 18.3. The summed E-state index contributed by atoms with van der Waals surface area (Å²) in [6.45, 7) is 1.82. The molecule has 4 aromatic carbocycles. The SMILES string of the molecule is O=C(/C=C/c1ccccc1)N(CCCCN(CCCN1C(=O)c2ccccc2C1=O)C(=O)/C=C/c1ccccc1)CCCN1C(=O)c2ccccc2C1=O. The van der Waals surface area contributed by atoms with E-state index in [1.54, 1.807) is 70.5 Å². The molecule has 0 aliphatic carbocycles. The number of amides is 6. The van der Waals surface area contributed by atoms with Crippen molar-refractivity contribution in [3.05, 3.63) is 155 Å². The summed E-state index contributed by atoms with van der Waals surface area (Å²) in [4.78, 5) is 84.5. The molecule has 0 saturated carbocycles. The summed E-state index contributed by atoms with van der Waals surface area (Å²) in [5.74, 6) is -1.70. The van der Waals surface area contributed by atoms with E-state index in [4.69, 9.17) is 0 Å². The number of carbonyl (C=O) groups excluding carboxylic acids is 6. The monoisotopic (exact) mass is 722 g/mol. The van der Waals surface area contributed by atoms with E-state index < -0.39 is 0 Å². The van der Waals surface area contributed by atoms with E-state index in [1.165, 1.54) is 22.0 Å². The van der Waals surface area contributed by atoms with Crippen LogP contribution in [0.1, 0.15) is 78.2 Å². The summed E-state index contributed by atoms with van der Waals surface area (Å²) < 4.78 is 0. The van der Waals surface area contributed by atoms with Crippen LogP contribution in [-0.4, -0.2) is 94.3 Å². The van der Waals surface area contributed by atoms with Gasteiger partial charge in [0.2, 0.25) is 11.8 Å². The highest BCUT2D eigenvalue weighted by Crippen LogP contribution is 2.24. The Bertz CT molecular complexity index is 1860. The number of unbranched alkanes of at least 4 members (excludes halogenated alkanes) is 1. The van der Waals surface area contributed by atoms with Crippen LogP contribution < -0.4 is 0 Å². The average Bonchev–Trinajstić information content (AvgIpc) is 3.60. The molecule has 0 atom stereocenters. The van der Waals surface area contributed by atoms with Crippen LogP contribution in [0.4, 0.5) is 0 Å². The van der Waals surface area contributed by atoms with Crippen LogP contribution in [0.3, 0.4) is 0 Å². The van der Waals surface area contributed by atoms with Crippen LogP contribution in [-0.2, 0) is 9.59 Å². The number of imide groups is 2. The van der Waals surface area contributed by atoms with Gasteiger partial charge in [-0.15, -0.1) is 0 Å². The minimum Gasteiger partial charge on any atom is -0.339 e. The molecule has 0 fully saturated rings. The highest BCUT2D eigenvalue weighted by Gasteiger charge is 2.35. The normalized spacial score (nSPS) is 13.6. The second-order valence-electron chi connectivity index (χ2n) is 13.2. The van der Waals surface area contributed by atoms with E-state index in [-0.39, 0.29) is 48.5 Å². The van der Waals surface area contributed by atoms with E-state index in [9.17, 15) is 28.8 Å². The molecule has 10 nitrogen and oxygen atoms in total. The van der Waals surface area contributed by atoms with Gasteiger partial charge in [0.25, 0.3) is 23.6 Å². The molecular formula is C44H42N4O6. The van der Waals surface area contributed by atoms with Gasteiger partial charge >= 0.3 is 0 Å². The molecule has 274 valence electrons. The van der Waals surface area contributed by atoms with Crippen molar-refractivity contribution in [3.63, 3.8) is 0 Å². The molecule has 6 amide bonds. The molecule has 2 aliphatic heterocycles. The number of fused-ring (bicyclic) bond motifs is 2. The summed E-state index contributed by atoms with van der Waals surface area (Å²) in [6, 6.07) is 32.5. The zero-order valence-electron chi connectivity index (χ0n) is 30.0. The van der Waals surface area contributed by atoms with Crippen molar-refractivity contribution in [1.29, 1.82) is 0 Å². The molecule has 0 unspecified atom stereocenters. The number of nitrogens with zero attached hydrogens (tertiary/aromatic N) is 4. The lowest BCUT2D eigenvalue weighted by Crippen LogP contribution is -2.37. The quantitative estimate of drug-likeness (QED) is 0.0726. The highest BCUT2D eigenvalue weighted by molar-refractivity contribution is 6.22. The van der Waals surface area contributed by atoms with Crippen molar-refractivity contribution in [2.75, 3.05) is 39.3 Å². The molecule has 0 aromatic heterocycles. The Morgan fingerprint density at radius 3 is 1.06 bits per heavy atom. The zero-order valence-corrected chi connectivity index (χ0v) is 30.0. The molecule has 0 saturated heterocycles. The fraction of sp³-hybridized carbons (Fsp3) is 0.227. The predicted octanol–water partition coefficient (Wildman–Crippen LogP) is 6.22. The largest absolute Gasteiger partial charge is 0.339 e. The number of rotatable bonds is 17. The Hall–Kier alpha value is -6.42. The summed E-state index contributed by atoms with van der Waals surface area (Å²) in [5, 5.41) is 0. The average molecular weight is 723 g/mol. The van der Waals surface area contributed by atoms with Gasteiger partial charge in [0.15, 0.2) is 0 Å². The zero-order chi connectivity index (χ0) is 37.9. The van der Waals surface area contributed by atoms with Crippen LogP contribution in [0.25, 0.3) is 12.2 Å². The first kappa shape index (κ1) is 37.3. The predicted molar refractivity (Wildman–Crippen MR) is 206 cm³/mol. The van der Waals surface area contributed by atoms with Gasteiger partial charge in [0.05, 0.1) is 22.3 Å². The van der Waals surface area contributed by atoms with Crippen molar-refractivity contribution in [2.24, 2.45) is 0 Å². The first-order valence-electron chi connectivity index (χ1n) is 18.3. The van der Waals surface area contributed by atoms with Crippen LogP contribution in [0, 0.1) is 0 Å². The van der Waals surface area contributed by atoms with Gasteiger partial charge in [-0.3, -0.25) is 38.6 Å². The number of benzene rings is 4. The lowest BCUT2D eigenvalue weighted by molar-refractivity contribution is -0.127.